The highest BCUT2D eigenvalue weighted by Gasteiger charge is 2.26. The molecule has 5 nitrogen and oxygen atoms in total. The maximum absolute atomic E-state index is 11.7. The zero-order valence-electron chi connectivity index (χ0n) is 12.9. The first-order chi connectivity index (χ1) is 9.44. The number of hydrogen-bond donors (Lipinski definition) is 2. The molecule has 0 radical (unpaired) electrons. The topological polar surface area (TPSA) is 61.0 Å². The number of rotatable bonds is 7. The maximum atomic E-state index is 11.7. The summed E-state index contributed by atoms with van der Waals surface area (Å²) in [5.41, 5.74) is -0.0578. The molecule has 1 aromatic rings. The first-order valence-electron chi connectivity index (χ1n) is 7.46. The van der Waals surface area contributed by atoms with Crippen molar-refractivity contribution in [2.45, 2.75) is 45.1 Å². The summed E-state index contributed by atoms with van der Waals surface area (Å²) in [5.74, 6) is 2.62. The van der Waals surface area contributed by atoms with Crippen LogP contribution in [-0.4, -0.2) is 41.5 Å². The molecule has 1 saturated carbocycles. The summed E-state index contributed by atoms with van der Waals surface area (Å²) in [7, 11) is 4.13. The number of hydrogen-bond acceptors (Lipinski definition) is 4. The molecule has 2 N–H and O–H groups in total. The Kier molecular flexibility index (Phi) is 4.81. The van der Waals surface area contributed by atoms with Crippen molar-refractivity contribution in [3.05, 3.63) is 22.2 Å². The third-order valence-corrected chi connectivity index (χ3v) is 3.42. The lowest BCUT2D eigenvalue weighted by molar-refractivity contribution is 0.356. The van der Waals surface area contributed by atoms with Crippen LogP contribution in [0.25, 0.3) is 0 Å². The number of nitrogens with zero attached hydrogens (tertiary/aromatic N) is 2. The molecule has 0 saturated heterocycles. The first-order valence-corrected chi connectivity index (χ1v) is 7.46. The van der Waals surface area contributed by atoms with Crippen molar-refractivity contribution in [3.63, 3.8) is 0 Å². The van der Waals surface area contributed by atoms with E-state index in [1.807, 2.05) is 0 Å². The molecule has 1 fully saturated rings. The van der Waals surface area contributed by atoms with Crippen molar-refractivity contribution < 1.29 is 0 Å². The van der Waals surface area contributed by atoms with Gasteiger partial charge in [-0.1, -0.05) is 13.8 Å². The second-order valence-corrected chi connectivity index (χ2v) is 6.52. The van der Waals surface area contributed by atoms with Crippen LogP contribution in [-0.2, 0) is 0 Å². The zero-order chi connectivity index (χ0) is 14.7. The summed E-state index contributed by atoms with van der Waals surface area (Å²) >= 11 is 0. The van der Waals surface area contributed by atoms with Crippen molar-refractivity contribution in [2.75, 3.05) is 26.0 Å². The molecule has 0 aliphatic heterocycles. The summed E-state index contributed by atoms with van der Waals surface area (Å²) in [6.45, 7) is 5.36. The predicted octanol–water partition coefficient (Wildman–Crippen LogP) is 2.04. The molecule has 1 unspecified atom stereocenters. The van der Waals surface area contributed by atoms with Crippen LogP contribution in [0.2, 0.25) is 0 Å². The molecule has 112 valence electrons. The molecule has 1 aliphatic rings. The molecule has 0 aromatic carbocycles. The van der Waals surface area contributed by atoms with Gasteiger partial charge in [-0.3, -0.25) is 4.79 Å². The lowest BCUT2D eigenvalue weighted by Gasteiger charge is -2.24. The molecule has 0 amide bonds. The molecule has 5 heteroatoms. The molecular formula is C15H26N4O. The Morgan fingerprint density at radius 3 is 2.70 bits per heavy atom. The van der Waals surface area contributed by atoms with E-state index in [-0.39, 0.29) is 5.56 Å². The smallest absolute Gasteiger partial charge is 0.252 e. The van der Waals surface area contributed by atoms with Gasteiger partial charge in [0.15, 0.2) is 0 Å². The standard InChI is InChI=1S/C15H26N4O/c1-10(2)7-12(9-19(3)4)16-13-8-14(20)18-15(17-13)11-5-6-11/h8,10-12H,5-7,9H2,1-4H3,(H2,16,17,18,20). The molecule has 1 heterocycles. The Balaban J connectivity index is 2.10. The number of anilines is 1. The third kappa shape index (κ3) is 4.63. The van der Waals surface area contributed by atoms with E-state index in [2.05, 4.69) is 48.1 Å². The van der Waals surface area contributed by atoms with Gasteiger partial charge in [0, 0.05) is 24.6 Å². The lowest BCUT2D eigenvalue weighted by Crippen LogP contribution is -2.34. The van der Waals surface area contributed by atoms with Gasteiger partial charge in [0.25, 0.3) is 5.56 Å². The fourth-order valence-electron chi connectivity index (χ4n) is 2.50. The van der Waals surface area contributed by atoms with Crippen LogP contribution in [0.3, 0.4) is 0 Å². The molecular weight excluding hydrogens is 252 g/mol. The Morgan fingerprint density at radius 1 is 1.45 bits per heavy atom. The summed E-state index contributed by atoms with van der Waals surface area (Å²) in [6, 6.07) is 1.88. The summed E-state index contributed by atoms with van der Waals surface area (Å²) in [5, 5.41) is 3.43. The fraction of sp³-hybridized carbons (Fsp3) is 0.733. The quantitative estimate of drug-likeness (QED) is 0.801. The molecule has 1 atom stereocenters. The molecule has 1 aliphatic carbocycles. The van der Waals surface area contributed by atoms with Crippen LogP contribution in [0.4, 0.5) is 5.82 Å². The maximum Gasteiger partial charge on any atom is 0.252 e. The minimum atomic E-state index is -0.0578. The lowest BCUT2D eigenvalue weighted by atomic mass is 10.0. The fourth-order valence-corrected chi connectivity index (χ4v) is 2.50. The Morgan fingerprint density at radius 2 is 2.15 bits per heavy atom. The van der Waals surface area contributed by atoms with Gasteiger partial charge >= 0.3 is 0 Å². The van der Waals surface area contributed by atoms with E-state index in [4.69, 9.17) is 0 Å². The largest absolute Gasteiger partial charge is 0.366 e. The second kappa shape index (κ2) is 6.39. The minimum Gasteiger partial charge on any atom is -0.366 e. The third-order valence-electron chi connectivity index (χ3n) is 3.42. The Hall–Kier alpha value is -1.36. The monoisotopic (exact) mass is 278 g/mol. The second-order valence-electron chi connectivity index (χ2n) is 6.52. The van der Waals surface area contributed by atoms with E-state index in [1.165, 1.54) is 0 Å². The van der Waals surface area contributed by atoms with Crippen LogP contribution in [0.15, 0.2) is 10.9 Å². The average Bonchev–Trinajstić information content (AvgIpc) is 3.09. The van der Waals surface area contributed by atoms with Crippen LogP contribution in [0.5, 0.6) is 0 Å². The van der Waals surface area contributed by atoms with Crippen LogP contribution >= 0.6 is 0 Å². The molecule has 20 heavy (non-hydrogen) atoms. The number of nitrogens with one attached hydrogen (secondary N) is 2. The summed E-state index contributed by atoms with van der Waals surface area (Å²) in [4.78, 5) is 21.3. The summed E-state index contributed by atoms with van der Waals surface area (Å²) < 4.78 is 0. The van der Waals surface area contributed by atoms with Crippen molar-refractivity contribution in [1.82, 2.24) is 14.9 Å². The van der Waals surface area contributed by atoms with E-state index in [1.54, 1.807) is 6.07 Å². The SMILES string of the molecule is CC(C)CC(CN(C)C)Nc1cc(=O)[nH]c(C2CC2)n1. The molecule has 1 aromatic heterocycles. The minimum absolute atomic E-state index is 0.0578. The van der Waals surface area contributed by atoms with Crippen molar-refractivity contribution in [2.24, 2.45) is 5.92 Å². The van der Waals surface area contributed by atoms with Gasteiger partial charge in [-0.25, -0.2) is 4.98 Å². The van der Waals surface area contributed by atoms with Crippen LogP contribution < -0.4 is 10.9 Å². The number of aromatic amines is 1. The number of likely N-dealkylation sites (N-methyl/N-ethyl adjacent to an activating group) is 1. The highest BCUT2D eigenvalue weighted by molar-refractivity contribution is 5.35. The van der Waals surface area contributed by atoms with Crippen LogP contribution in [0.1, 0.15) is 44.9 Å². The van der Waals surface area contributed by atoms with Crippen molar-refractivity contribution in [1.29, 1.82) is 0 Å². The first kappa shape index (κ1) is 15.0. The average molecular weight is 278 g/mol. The molecule has 2 rings (SSSR count). The Bertz CT molecular complexity index is 481. The van der Waals surface area contributed by atoms with E-state index in [0.29, 0.717) is 23.7 Å². The van der Waals surface area contributed by atoms with Gasteiger partial charge in [-0.15, -0.1) is 0 Å². The number of aromatic nitrogens is 2. The highest BCUT2D eigenvalue weighted by atomic mass is 16.1. The van der Waals surface area contributed by atoms with Gasteiger partial charge in [-0.2, -0.15) is 0 Å². The predicted molar refractivity (Wildman–Crippen MR) is 82.3 cm³/mol. The van der Waals surface area contributed by atoms with Gasteiger partial charge < -0.3 is 15.2 Å². The van der Waals surface area contributed by atoms with Crippen LogP contribution in [0, 0.1) is 5.92 Å². The van der Waals surface area contributed by atoms with Crippen molar-refractivity contribution in [3.8, 4) is 0 Å². The zero-order valence-corrected chi connectivity index (χ0v) is 12.9. The molecule has 0 spiro atoms. The normalized spacial score (nSPS) is 16.7. The van der Waals surface area contributed by atoms with Gasteiger partial charge in [-0.05, 0) is 39.3 Å². The molecule has 0 bridgehead atoms. The summed E-state index contributed by atoms with van der Waals surface area (Å²) in [6.07, 6.45) is 3.34. The Labute approximate surface area is 120 Å². The van der Waals surface area contributed by atoms with E-state index in [0.717, 1.165) is 31.6 Å². The van der Waals surface area contributed by atoms with E-state index < -0.39 is 0 Å². The number of H-pyrrole nitrogens is 1. The highest BCUT2D eigenvalue weighted by Crippen LogP contribution is 2.37. The van der Waals surface area contributed by atoms with Crippen molar-refractivity contribution >= 4 is 5.82 Å². The van der Waals surface area contributed by atoms with Gasteiger partial charge in [0.2, 0.25) is 0 Å². The van der Waals surface area contributed by atoms with E-state index >= 15 is 0 Å². The van der Waals surface area contributed by atoms with Gasteiger partial charge in [0.05, 0.1) is 0 Å². The van der Waals surface area contributed by atoms with E-state index in [9.17, 15) is 4.79 Å². The van der Waals surface area contributed by atoms with Gasteiger partial charge in [0.1, 0.15) is 11.6 Å².